The lowest BCUT2D eigenvalue weighted by Gasteiger charge is -2.10. The van der Waals surface area contributed by atoms with Crippen LogP contribution < -0.4 is 14.8 Å². The number of methoxy groups -OCH3 is 1. The normalized spacial score (nSPS) is 11.8. The van der Waals surface area contributed by atoms with Crippen molar-refractivity contribution in [2.24, 2.45) is 0 Å². The monoisotopic (exact) mass is 398 g/mol. The summed E-state index contributed by atoms with van der Waals surface area (Å²) in [4.78, 5) is 12.4. The van der Waals surface area contributed by atoms with Crippen LogP contribution in [0.4, 0.5) is 5.69 Å². The molecule has 8 nitrogen and oxygen atoms in total. The van der Waals surface area contributed by atoms with Crippen LogP contribution in [0.25, 0.3) is 0 Å². The van der Waals surface area contributed by atoms with Gasteiger partial charge in [0.1, 0.15) is 5.75 Å². The van der Waals surface area contributed by atoms with E-state index in [1.807, 2.05) is 0 Å². The molecule has 0 heterocycles. The number of carbonyl (C=O) groups excluding carboxylic acids is 1. The molecular weight excluding hydrogens is 380 g/mol. The van der Waals surface area contributed by atoms with Gasteiger partial charge in [-0.25, -0.2) is 21.6 Å². The van der Waals surface area contributed by atoms with Crippen molar-refractivity contribution in [3.05, 3.63) is 48.0 Å². The third kappa shape index (κ3) is 4.59. The number of nitrogens with one attached hydrogen (secondary N) is 2. The number of hydrogen-bond donors (Lipinski definition) is 2. The highest BCUT2D eigenvalue weighted by atomic mass is 32.2. The van der Waals surface area contributed by atoms with E-state index in [0.29, 0.717) is 0 Å². The van der Waals surface area contributed by atoms with Gasteiger partial charge in [-0.05, 0) is 37.4 Å². The van der Waals surface area contributed by atoms with Crippen molar-refractivity contribution < 1.29 is 26.4 Å². The van der Waals surface area contributed by atoms with Gasteiger partial charge in [0.15, 0.2) is 9.84 Å². The number of rotatable bonds is 6. The molecule has 0 bridgehead atoms. The van der Waals surface area contributed by atoms with Crippen molar-refractivity contribution in [1.29, 1.82) is 0 Å². The van der Waals surface area contributed by atoms with Crippen LogP contribution in [0.3, 0.4) is 0 Å². The summed E-state index contributed by atoms with van der Waals surface area (Å²) in [5.74, 6) is -0.333. The molecule has 0 aliphatic rings. The number of sulfone groups is 1. The molecule has 0 aliphatic carbocycles. The average Bonchev–Trinajstić information content (AvgIpc) is 2.60. The SMILES string of the molecule is CNS(=O)(=O)c1cccc(C(=O)Nc2cc(OC)cc(S(C)(=O)=O)c2)c1. The van der Waals surface area contributed by atoms with Gasteiger partial charge in [0.05, 0.1) is 16.9 Å². The van der Waals surface area contributed by atoms with E-state index >= 15 is 0 Å². The van der Waals surface area contributed by atoms with Gasteiger partial charge in [-0.2, -0.15) is 0 Å². The fraction of sp³-hybridized carbons (Fsp3) is 0.188. The highest BCUT2D eigenvalue weighted by Crippen LogP contribution is 2.24. The zero-order valence-corrected chi connectivity index (χ0v) is 15.9. The molecule has 140 valence electrons. The molecule has 2 rings (SSSR count). The van der Waals surface area contributed by atoms with Gasteiger partial charge in [-0.15, -0.1) is 0 Å². The van der Waals surface area contributed by atoms with Gasteiger partial charge < -0.3 is 10.1 Å². The van der Waals surface area contributed by atoms with E-state index in [9.17, 15) is 21.6 Å². The van der Waals surface area contributed by atoms with E-state index < -0.39 is 25.8 Å². The number of sulfonamides is 1. The fourth-order valence-corrected chi connectivity index (χ4v) is 3.55. The largest absolute Gasteiger partial charge is 0.497 e. The first kappa shape index (κ1) is 19.9. The third-order valence-electron chi connectivity index (χ3n) is 3.48. The molecule has 0 saturated heterocycles. The Labute approximate surface area is 152 Å². The predicted molar refractivity (Wildman–Crippen MR) is 96.7 cm³/mol. The minimum Gasteiger partial charge on any atom is -0.497 e. The van der Waals surface area contributed by atoms with Crippen LogP contribution in [0.1, 0.15) is 10.4 Å². The number of hydrogen-bond acceptors (Lipinski definition) is 6. The first-order valence-electron chi connectivity index (χ1n) is 7.31. The summed E-state index contributed by atoms with van der Waals surface area (Å²) in [6.45, 7) is 0. The number of benzene rings is 2. The molecule has 0 fully saturated rings. The second kappa shape index (κ2) is 7.44. The molecule has 0 saturated carbocycles. The van der Waals surface area contributed by atoms with Gasteiger partial charge in [0, 0.05) is 23.6 Å². The lowest BCUT2D eigenvalue weighted by Crippen LogP contribution is -2.19. The zero-order valence-electron chi connectivity index (χ0n) is 14.3. The minimum absolute atomic E-state index is 0.0151. The maximum atomic E-state index is 12.4. The molecule has 1 amide bonds. The quantitative estimate of drug-likeness (QED) is 0.756. The molecule has 0 radical (unpaired) electrons. The summed E-state index contributed by atoms with van der Waals surface area (Å²) in [5.41, 5.74) is 0.307. The Morgan fingerprint density at radius 2 is 1.69 bits per heavy atom. The molecule has 0 aromatic heterocycles. The van der Waals surface area contributed by atoms with Crippen LogP contribution in [0.2, 0.25) is 0 Å². The second-order valence-electron chi connectivity index (χ2n) is 5.36. The van der Waals surface area contributed by atoms with Crippen molar-refractivity contribution in [2.45, 2.75) is 9.79 Å². The summed E-state index contributed by atoms with van der Waals surface area (Å²) >= 11 is 0. The highest BCUT2D eigenvalue weighted by molar-refractivity contribution is 7.90. The number of amides is 1. The Hall–Kier alpha value is -2.43. The van der Waals surface area contributed by atoms with E-state index in [4.69, 9.17) is 4.74 Å². The van der Waals surface area contributed by atoms with Crippen LogP contribution >= 0.6 is 0 Å². The minimum atomic E-state index is -3.69. The van der Waals surface area contributed by atoms with Crippen molar-refractivity contribution >= 4 is 31.5 Å². The lowest BCUT2D eigenvalue weighted by molar-refractivity contribution is 0.102. The third-order valence-corrected chi connectivity index (χ3v) is 5.98. The summed E-state index contributed by atoms with van der Waals surface area (Å²) in [5, 5.41) is 2.54. The van der Waals surface area contributed by atoms with Crippen molar-refractivity contribution in [1.82, 2.24) is 4.72 Å². The molecule has 0 atom stereocenters. The Morgan fingerprint density at radius 3 is 2.27 bits per heavy atom. The Kier molecular flexibility index (Phi) is 5.69. The van der Waals surface area contributed by atoms with Gasteiger partial charge in [0.2, 0.25) is 10.0 Å². The van der Waals surface area contributed by atoms with Gasteiger partial charge in [0.25, 0.3) is 5.91 Å². The van der Waals surface area contributed by atoms with Crippen LogP contribution in [0, 0.1) is 0 Å². The fourth-order valence-electron chi connectivity index (χ4n) is 2.10. The van der Waals surface area contributed by atoms with Crippen molar-refractivity contribution in [2.75, 3.05) is 25.7 Å². The molecule has 2 N–H and O–H groups in total. The molecule has 0 unspecified atom stereocenters. The van der Waals surface area contributed by atoms with Crippen molar-refractivity contribution in [3.8, 4) is 5.75 Å². The van der Waals surface area contributed by atoms with Crippen LogP contribution in [-0.4, -0.2) is 43.2 Å². The predicted octanol–water partition coefficient (Wildman–Crippen LogP) is 1.26. The number of ether oxygens (including phenoxy) is 1. The van der Waals surface area contributed by atoms with E-state index in [0.717, 1.165) is 6.26 Å². The van der Waals surface area contributed by atoms with E-state index in [2.05, 4.69) is 10.0 Å². The van der Waals surface area contributed by atoms with Gasteiger partial charge >= 0.3 is 0 Å². The van der Waals surface area contributed by atoms with Gasteiger partial charge in [-0.3, -0.25) is 4.79 Å². The lowest BCUT2D eigenvalue weighted by atomic mass is 10.2. The summed E-state index contributed by atoms with van der Waals surface area (Å²) in [7, 11) is -4.56. The molecule has 0 spiro atoms. The van der Waals surface area contributed by atoms with E-state index in [-0.39, 0.29) is 26.8 Å². The zero-order chi connectivity index (χ0) is 19.5. The Bertz CT molecular complexity index is 1050. The van der Waals surface area contributed by atoms with Crippen molar-refractivity contribution in [3.63, 3.8) is 0 Å². The first-order valence-corrected chi connectivity index (χ1v) is 10.7. The maximum Gasteiger partial charge on any atom is 0.255 e. The molecule has 0 aliphatic heterocycles. The molecular formula is C16H18N2O6S2. The van der Waals surface area contributed by atoms with Crippen LogP contribution in [0.5, 0.6) is 5.75 Å². The average molecular weight is 398 g/mol. The second-order valence-corrected chi connectivity index (χ2v) is 9.26. The molecule has 2 aromatic carbocycles. The summed E-state index contributed by atoms with van der Waals surface area (Å²) < 4.78 is 54.4. The first-order chi connectivity index (χ1) is 12.1. The summed E-state index contributed by atoms with van der Waals surface area (Å²) in [6.07, 6.45) is 1.04. The molecule has 26 heavy (non-hydrogen) atoms. The Morgan fingerprint density at radius 1 is 1.00 bits per heavy atom. The smallest absolute Gasteiger partial charge is 0.255 e. The van der Waals surface area contributed by atoms with E-state index in [1.165, 1.54) is 56.6 Å². The molecule has 2 aromatic rings. The highest BCUT2D eigenvalue weighted by Gasteiger charge is 2.16. The topological polar surface area (TPSA) is 119 Å². The number of carbonyl (C=O) groups is 1. The van der Waals surface area contributed by atoms with Gasteiger partial charge in [-0.1, -0.05) is 6.07 Å². The molecule has 10 heteroatoms. The summed E-state index contributed by atoms with van der Waals surface area (Å²) in [6, 6.07) is 9.55. The maximum absolute atomic E-state index is 12.4. The standard InChI is InChI=1S/C16H18N2O6S2/c1-17-26(22,23)14-6-4-5-11(7-14)16(19)18-12-8-13(24-2)10-15(9-12)25(3,20)21/h4-10,17H,1-3H3,(H,18,19). The Balaban J connectivity index is 2.38. The van der Waals surface area contributed by atoms with E-state index in [1.54, 1.807) is 0 Å². The number of anilines is 1. The van der Waals surface area contributed by atoms with Crippen LogP contribution in [-0.2, 0) is 19.9 Å². The van der Waals surface area contributed by atoms with Crippen LogP contribution in [0.15, 0.2) is 52.3 Å².